The first-order valence-corrected chi connectivity index (χ1v) is 10.6. The Labute approximate surface area is 189 Å². The van der Waals surface area contributed by atoms with Gasteiger partial charge in [-0.25, -0.2) is 0 Å². The van der Waals surface area contributed by atoms with Gasteiger partial charge in [0.05, 0.1) is 12.1 Å². The molecule has 1 aliphatic rings. The molecule has 1 amide bonds. The van der Waals surface area contributed by atoms with Gasteiger partial charge < -0.3 is 10.5 Å². The molecule has 5 rings (SSSR count). The van der Waals surface area contributed by atoms with E-state index in [0.29, 0.717) is 27.4 Å². The Balaban J connectivity index is 1.55. The van der Waals surface area contributed by atoms with Gasteiger partial charge in [0, 0.05) is 23.0 Å². The number of aromatic nitrogens is 1. The fraction of sp³-hybridized carbons (Fsp3) is 0.120. The van der Waals surface area contributed by atoms with Crippen molar-refractivity contribution in [2.45, 2.75) is 18.5 Å². The molecule has 1 aromatic heterocycles. The zero-order chi connectivity index (χ0) is 22.2. The standard InChI is InChI=1S/C25H20ClN3O3/c26-19-7-8-21-20(14-19)24(18-9-10-29(32)23(30)13-18)27-22(25(31)28-21)12-15-5-6-16-3-1-2-4-17(16)11-15/h1-11,13-14,22,24,27,32H,12H2,(H,28,31). The average molecular weight is 446 g/mol. The molecule has 32 heavy (non-hydrogen) atoms. The largest absolute Gasteiger partial charge is 0.425 e. The van der Waals surface area contributed by atoms with E-state index >= 15 is 0 Å². The number of nitrogens with one attached hydrogen (secondary N) is 2. The van der Waals surface area contributed by atoms with Crippen LogP contribution in [-0.2, 0) is 11.2 Å². The van der Waals surface area contributed by atoms with Crippen LogP contribution in [0.2, 0.25) is 5.02 Å². The molecule has 0 aliphatic carbocycles. The maximum absolute atomic E-state index is 13.1. The van der Waals surface area contributed by atoms with Crippen LogP contribution in [-0.4, -0.2) is 21.9 Å². The number of pyridine rings is 1. The Hall–Kier alpha value is -3.61. The first-order chi connectivity index (χ1) is 15.5. The smallest absolute Gasteiger partial charge is 0.283 e. The van der Waals surface area contributed by atoms with Gasteiger partial charge in [0.2, 0.25) is 5.91 Å². The Bertz CT molecular complexity index is 1400. The van der Waals surface area contributed by atoms with E-state index in [1.165, 1.54) is 12.3 Å². The van der Waals surface area contributed by atoms with E-state index in [0.717, 1.165) is 21.9 Å². The highest BCUT2D eigenvalue weighted by Gasteiger charge is 2.31. The lowest BCUT2D eigenvalue weighted by Crippen LogP contribution is -2.42. The fourth-order valence-corrected chi connectivity index (χ4v) is 4.35. The summed E-state index contributed by atoms with van der Waals surface area (Å²) in [6, 6.07) is 21.5. The summed E-state index contributed by atoms with van der Waals surface area (Å²) < 4.78 is 0.523. The van der Waals surface area contributed by atoms with Crippen molar-refractivity contribution in [3.05, 3.63) is 111 Å². The van der Waals surface area contributed by atoms with Crippen molar-refractivity contribution in [2.24, 2.45) is 0 Å². The zero-order valence-electron chi connectivity index (χ0n) is 17.0. The van der Waals surface area contributed by atoms with Crippen LogP contribution in [0.3, 0.4) is 0 Å². The van der Waals surface area contributed by atoms with E-state index in [1.807, 2.05) is 30.3 Å². The Kier molecular flexibility index (Phi) is 5.17. The summed E-state index contributed by atoms with van der Waals surface area (Å²) in [4.78, 5) is 25.2. The number of benzene rings is 3. The van der Waals surface area contributed by atoms with Gasteiger partial charge in [-0.05, 0) is 58.1 Å². The predicted molar refractivity (Wildman–Crippen MR) is 124 cm³/mol. The van der Waals surface area contributed by atoms with E-state index in [1.54, 1.807) is 24.3 Å². The summed E-state index contributed by atoms with van der Waals surface area (Å²) in [7, 11) is 0. The van der Waals surface area contributed by atoms with Crippen LogP contribution < -0.4 is 16.2 Å². The molecule has 0 bridgehead atoms. The van der Waals surface area contributed by atoms with Crippen LogP contribution in [0.5, 0.6) is 0 Å². The van der Waals surface area contributed by atoms with Gasteiger partial charge in [0.15, 0.2) is 0 Å². The first kappa shape index (κ1) is 20.3. The average Bonchev–Trinajstić information content (AvgIpc) is 2.92. The highest BCUT2D eigenvalue weighted by molar-refractivity contribution is 6.30. The van der Waals surface area contributed by atoms with Crippen molar-refractivity contribution in [1.82, 2.24) is 10.0 Å². The number of carbonyl (C=O) groups excluding carboxylic acids is 1. The maximum Gasteiger partial charge on any atom is 0.283 e. The molecule has 0 spiro atoms. The number of carbonyl (C=O) groups is 1. The molecule has 1 aliphatic heterocycles. The fourth-order valence-electron chi connectivity index (χ4n) is 4.17. The molecule has 0 radical (unpaired) electrons. The lowest BCUT2D eigenvalue weighted by atomic mass is 9.96. The zero-order valence-corrected chi connectivity index (χ0v) is 17.7. The highest BCUT2D eigenvalue weighted by atomic mass is 35.5. The molecule has 2 heterocycles. The Morgan fingerprint density at radius 1 is 0.938 bits per heavy atom. The quantitative estimate of drug-likeness (QED) is 0.414. The molecule has 160 valence electrons. The molecule has 3 aromatic carbocycles. The number of hydrogen-bond donors (Lipinski definition) is 3. The van der Waals surface area contributed by atoms with Crippen molar-refractivity contribution >= 4 is 34.0 Å². The summed E-state index contributed by atoms with van der Waals surface area (Å²) in [5.74, 6) is -0.167. The van der Waals surface area contributed by atoms with Gasteiger partial charge in [-0.3, -0.25) is 14.9 Å². The third kappa shape index (κ3) is 3.86. The molecule has 3 N–H and O–H groups in total. The van der Waals surface area contributed by atoms with Gasteiger partial charge in [-0.2, -0.15) is 4.73 Å². The van der Waals surface area contributed by atoms with Crippen LogP contribution in [0.4, 0.5) is 5.69 Å². The predicted octanol–water partition coefficient (Wildman–Crippen LogP) is 4.13. The van der Waals surface area contributed by atoms with E-state index in [9.17, 15) is 14.8 Å². The van der Waals surface area contributed by atoms with Crippen molar-refractivity contribution < 1.29 is 10.0 Å². The minimum Gasteiger partial charge on any atom is -0.425 e. The first-order valence-electron chi connectivity index (χ1n) is 10.2. The number of fused-ring (bicyclic) bond motifs is 2. The topological polar surface area (TPSA) is 83.4 Å². The van der Waals surface area contributed by atoms with Crippen LogP contribution in [0.25, 0.3) is 10.8 Å². The SMILES string of the molecule is O=C1Nc2ccc(Cl)cc2C(c2ccn(O)c(=O)c2)NC1Cc1ccc2ccccc2c1. The number of rotatable bonds is 3. The van der Waals surface area contributed by atoms with Crippen molar-refractivity contribution in [1.29, 1.82) is 0 Å². The molecule has 0 fully saturated rings. The van der Waals surface area contributed by atoms with E-state index in [2.05, 4.69) is 22.8 Å². The monoisotopic (exact) mass is 445 g/mol. The Morgan fingerprint density at radius 3 is 2.56 bits per heavy atom. The summed E-state index contributed by atoms with van der Waals surface area (Å²) in [5, 5.41) is 18.8. The number of halogens is 1. The summed E-state index contributed by atoms with van der Waals surface area (Å²) >= 11 is 6.25. The second-order valence-electron chi connectivity index (χ2n) is 7.90. The van der Waals surface area contributed by atoms with E-state index in [-0.39, 0.29) is 5.91 Å². The van der Waals surface area contributed by atoms with Crippen LogP contribution in [0.1, 0.15) is 22.7 Å². The van der Waals surface area contributed by atoms with Gasteiger partial charge in [0.25, 0.3) is 5.56 Å². The third-order valence-corrected chi connectivity index (χ3v) is 6.01. The van der Waals surface area contributed by atoms with Gasteiger partial charge in [-0.1, -0.05) is 54.1 Å². The highest BCUT2D eigenvalue weighted by Crippen LogP contribution is 2.33. The molecule has 4 aromatic rings. The molecule has 6 nitrogen and oxygen atoms in total. The molecule has 2 unspecified atom stereocenters. The summed E-state index contributed by atoms with van der Waals surface area (Å²) in [6.45, 7) is 0. The molecule has 2 atom stereocenters. The van der Waals surface area contributed by atoms with Crippen LogP contribution in [0.15, 0.2) is 83.8 Å². The molecule has 0 saturated carbocycles. The lowest BCUT2D eigenvalue weighted by Gasteiger charge is -2.23. The van der Waals surface area contributed by atoms with E-state index in [4.69, 9.17) is 11.6 Å². The van der Waals surface area contributed by atoms with Crippen molar-refractivity contribution in [2.75, 3.05) is 5.32 Å². The molecular formula is C25H20ClN3O3. The summed E-state index contributed by atoms with van der Waals surface area (Å²) in [6.07, 6.45) is 1.76. The number of hydrogen-bond acceptors (Lipinski definition) is 4. The second-order valence-corrected chi connectivity index (χ2v) is 8.34. The Morgan fingerprint density at radius 2 is 1.75 bits per heavy atom. The number of nitrogens with zero attached hydrogens (tertiary/aromatic N) is 1. The molecule has 7 heteroatoms. The normalized spacial score (nSPS) is 18.1. The minimum atomic E-state index is -0.553. The maximum atomic E-state index is 13.1. The lowest BCUT2D eigenvalue weighted by molar-refractivity contribution is -0.118. The third-order valence-electron chi connectivity index (χ3n) is 5.78. The van der Waals surface area contributed by atoms with Crippen molar-refractivity contribution in [3.8, 4) is 0 Å². The van der Waals surface area contributed by atoms with Crippen molar-refractivity contribution in [3.63, 3.8) is 0 Å². The number of anilines is 1. The second kappa shape index (κ2) is 8.15. The summed E-state index contributed by atoms with van der Waals surface area (Å²) in [5.41, 5.74) is 2.48. The van der Waals surface area contributed by atoms with E-state index < -0.39 is 17.6 Å². The van der Waals surface area contributed by atoms with Gasteiger partial charge in [-0.15, -0.1) is 0 Å². The molecular weight excluding hydrogens is 426 g/mol. The van der Waals surface area contributed by atoms with Gasteiger partial charge in [0.1, 0.15) is 0 Å². The van der Waals surface area contributed by atoms with Crippen LogP contribution in [0, 0.1) is 0 Å². The minimum absolute atomic E-state index is 0.167. The molecule has 0 saturated heterocycles. The van der Waals surface area contributed by atoms with Crippen LogP contribution >= 0.6 is 11.6 Å². The number of amides is 1. The van der Waals surface area contributed by atoms with Gasteiger partial charge >= 0.3 is 0 Å².